The summed E-state index contributed by atoms with van der Waals surface area (Å²) in [6.45, 7) is 0. The molecular weight excluding hydrogens is 200 g/mol. The summed E-state index contributed by atoms with van der Waals surface area (Å²) in [5, 5.41) is 5.24. The molecule has 1 heterocycles. The summed E-state index contributed by atoms with van der Waals surface area (Å²) in [4.78, 5) is 0.639. The number of rotatable bonds is 1. The van der Waals surface area contributed by atoms with E-state index in [0.717, 1.165) is 11.9 Å². The average Bonchev–Trinajstić information content (AvgIpc) is 2.36. The van der Waals surface area contributed by atoms with Gasteiger partial charge < -0.3 is 9.47 Å². The number of hydrogen-bond acceptors (Lipinski definition) is 4. The van der Waals surface area contributed by atoms with Gasteiger partial charge in [0.1, 0.15) is 0 Å². The topological polar surface area (TPSA) is 44.5 Å². The lowest BCUT2D eigenvalue weighted by molar-refractivity contribution is -0.286. The zero-order valence-corrected chi connectivity index (χ0v) is 7.11. The maximum atomic E-state index is 12.5. The van der Waals surface area contributed by atoms with E-state index in [0.29, 0.717) is 4.90 Å². The highest BCUT2D eigenvalue weighted by Gasteiger charge is 2.43. The van der Waals surface area contributed by atoms with Crippen LogP contribution in [0.3, 0.4) is 0 Å². The first-order valence-electron chi connectivity index (χ1n) is 3.37. The normalized spacial score (nSPS) is 17.5. The number of halogens is 2. The minimum absolute atomic E-state index is 0.0143. The van der Waals surface area contributed by atoms with Crippen molar-refractivity contribution in [2.45, 2.75) is 11.2 Å². The summed E-state index contributed by atoms with van der Waals surface area (Å²) in [5.41, 5.74) is 0. The minimum Gasteiger partial charge on any atom is -0.395 e. The number of fused-ring (bicyclic) bond motifs is 1. The number of hydrogen-bond donors (Lipinski definition) is 1. The third-order valence-electron chi connectivity index (χ3n) is 1.51. The molecule has 0 fully saturated rings. The van der Waals surface area contributed by atoms with E-state index in [4.69, 9.17) is 5.14 Å². The Morgan fingerprint density at radius 3 is 2.62 bits per heavy atom. The fourth-order valence-corrected chi connectivity index (χ4v) is 1.32. The first-order chi connectivity index (χ1) is 6.11. The smallest absolute Gasteiger partial charge is 0.395 e. The number of nitrogens with two attached hydrogens (primary N) is 1. The summed E-state index contributed by atoms with van der Waals surface area (Å²) >= 11 is 0.955. The lowest BCUT2D eigenvalue weighted by Crippen LogP contribution is -2.25. The first kappa shape index (κ1) is 8.58. The van der Waals surface area contributed by atoms with Crippen LogP contribution in [0.2, 0.25) is 0 Å². The third kappa shape index (κ3) is 1.54. The van der Waals surface area contributed by atoms with Crippen LogP contribution >= 0.6 is 11.9 Å². The average molecular weight is 205 g/mol. The molecule has 70 valence electrons. The maximum Gasteiger partial charge on any atom is 0.586 e. The van der Waals surface area contributed by atoms with Gasteiger partial charge in [-0.2, -0.15) is 0 Å². The SMILES string of the molecule is NSc1ccc2c(c1)OC(F)(F)O2. The molecule has 0 aromatic heterocycles. The van der Waals surface area contributed by atoms with Crippen molar-refractivity contribution in [3.05, 3.63) is 18.2 Å². The third-order valence-corrected chi connectivity index (χ3v) is 2.03. The fraction of sp³-hybridized carbons (Fsp3) is 0.143. The van der Waals surface area contributed by atoms with Gasteiger partial charge in [0.2, 0.25) is 0 Å². The summed E-state index contributed by atoms with van der Waals surface area (Å²) in [5.74, 6) is 0.0447. The van der Waals surface area contributed by atoms with Crippen LogP contribution in [0.5, 0.6) is 11.5 Å². The van der Waals surface area contributed by atoms with Crippen molar-refractivity contribution in [1.29, 1.82) is 0 Å². The van der Waals surface area contributed by atoms with Gasteiger partial charge in [0.05, 0.1) is 0 Å². The molecule has 0 spiro atoms. The molecule has 1 aromatic rings. The van der Waals surface area contributed by atoms with Crippen LogP contribution in [-0.4, -0.2) is 6.29 Å². The van der Waals surface area contributed by atoms with Crippen LogP contribution in [0.1, 0.15) is 0 Å². The molecule has 0 radical (unpaired) electrons. The Hall–Kier alpha value is -1.01. The van der Waals surface area contributed by atoms with Crippen LogP contribution in [0, 0.1) is 0 Å². The molecule has 0 saturated heterocycles. The van der Waals surface area contributed by atoms with Crippen LogP contribution in [0.25, 0.3) is 0 Å². The predicted octanol–water partition coefficient (Wildman–Crippen LogP) is 1.97. The van der Waals surface area contributed by atoms with E-state index in [1.807, 2.05) is 0 Å². The van der Waals surface area contributed by atoms with Gasteiger partial charge in [0.25, 0.3) is 0 Å². The van der Waals surface area contributed by atoms with Crippen LogP contribution in [0.15, 0.2) is 23.1 Å². The molecular formula is C7H5F2NO2S. The Morgan fingerprint density at radius 2 is 1.92 bits per heavy atom. The highest BCUT2D eigenvalue weighted by atomic mass is 32.2. The highest BCUT2D eigenvalue weighted by molar-refractivity contribution is 7.97. The van der Waals surface area contributed by atoms with Crippen molar-refractivity contribution >= 4 is 11.9 Å². The van der Waals surface area contributed by atoms with Gasteiger partial charge in [-0.25, -0.2) is 0 Å². The predicted molar refractivity (Wildman–Crippen MR) is 42.7 cm³/mol. The molecule has 0 unspecified atom stereocenters. The molecule has 0 amide bonds. The van der Waals surface area contributed by atoms with Gasteiger partial charge >= 0.3 is 6.29 Å². The van der Waals surface area contributed by atoms with Crippen LogP contribution < -0.4 is 14.6 Å². The Bertz CT molecular complexity index is 345. The van der Waals surface area contributed by atoms with E-state index >= 15 is 0 Å². The van der Waals surface area contributed by atoms with Crippen molar-refractivity contribution in [3.63, 3.8) is 0 Å². The number of ether oxygens (including phenoxy) is 2. The molecule has 1 aliphatic heterocycles. The molecule has 13 heavy (non-hydrogen) atoms. The molecule has 0 atom stereocenters. The summed E-state index contributed by atoms with van der Waals surface area (Å²) in [6.07, 6.45) is -3.56. The maximum absolute atomic E-state index is 12.5. The van der Waals surface area contributed by atoms with Gasteiger partial charge in [-0.05, 0) is 30.1 Å². The second kappa shape index (κ2) is 2.74. The second-order valence-electron chi connectivity index (χ2n) is 2.39. The van der Waals surface area contributed by atoms with E-state index in [9.17, 15) is 8.78 Å². The fourth-order valence-electron chi connectivity index (χ4n) is 1.00. The molecule has 0 saturated carbocycles. The zero-order chi connectivity index (χ0) is 9.47. The van der Waals surface area contributed by atoms with E-state index < -0.39 is 6.29 Å². The number of alkyl halides is 2. The van der Waals surface area contributed by atoms with Gasteiger partial charge in [-0.1, -0.05) is 0 Å². The monoisotopic (exact) mass is 205 g/mol. The Kier molecular flexibility index (Phi) is 1.81. The second-order valence-corrected chi connectivity index (χ2v) is 3.10. The summed E-state index contributed by atoms with van der Waals surface area (Å²) in [6, 6.07) is 4.38. The largest absolute Gasteiger partial charge is 0.586 e. The molecule has 1 aliphatic rings. The molecule has 0 bridgehead atoms. The standard InChI is InChI=1S/C7H5F2NO2S/c8-7(9)11-5-2-1-4(13-10)3-6(5)12-7/h1-3H,10H2. The summed E-state index contributed by atoms with van der Waals surface area (Å²) < 4.78 is 33.4. The zero-order valence-electron chi connectivity index (χ0n) is 6.29. The molecule has 0 aliphatic carbocycles. The Balaban J connectivity index is 2.36. The minimum atomic E-state index is -3.56. The van der Waals surface area contributed by atoms with Gasteiger partial charge in [-0.3, -0.25) is 5.14 Å². The van der Waals surface area contributed by atoms with E-state index in [-0.39, 0.29) is 11.5 Å². The van der Waals surface area contributed by atoms with E-state index in [1.165, 1.54) is 12.1 Å². The van der Waals surface area contributed by atoms with Gasteiger partial charge in [0.15, 0.2) is 11.5 Å². The molecule has 6 heteroatoms. The van der Waals surface area contributed by atoms with Crippen molar-refractivity contribution in [3.8, 4) is 11.5 Å². The molecule has 3 nitrogen and oxygen atoms in total. The van der Waals surface area contributed by atoms with E-state index in [1.54, 1.807) is 6.07 Å². The lowest BCUT2D eigenvalue weighted by Gasteiger charge is -2.04. The molecule has 2 N–H and O–H groups in total. The van der Waals surface area contributed by atoms with E-state index in [2.05, 4.69) is 9.47 Å². The van der Waals surface area contributed by atoms with Crippen molar-refractivity contribution in [2.24, 2.45) is 5.14 Å². The Labute approximate surface area is 76.9 Å². The van der Waals surface area contributed by atoms with Crippen molar-refractivity contribution < 1.29 is 18.3 Å². The summed E-state index contributed by atoms with van der Waals surface area (Å²) in [7, 11) is 0. The van der Waals surface area contributed by atoms with Gasteiger partial charge in [0, 0.05) is 4.90 Å². The van der Waals surface area contributed by atoms with Crippen LogP contribution in [0.4, 0.5) is 8.78 Å². The lowest BCUT2D eigenvalue weighted by atomic mass is 10.3. The number of benzene rings is 1. The van der Waals surface area contributed by atoms with Crippen molar-refractivity contribution in [2.75, 3.05) is 0 Å². The molecule has 1 aromatic carbocycles. The highest BCUT2D eigenvalue weighted by Crippen LogP contribution is 2.42. The molecule has 2 rings (SSSR count). The van der Waals surface area contributed by atoms with Crippen molar-refractivity contribution in [1.82, 2.24) is 0 Å². The van der Waals surface area contributed by atoms with Gasteiger partial charge in [-0.15, -0.1) is 8.78 Å². The van der Waals surface area contributed by atoms with Crippen LogP contribution in [-0.2, 0) is 0 Å². The quantitative estimate of drug-likeness (QED) is 0.712. The first-order valence-corrected chi connectivity index (χ1v) is 4.25. The Morgan fingerprint density at radius 1 is 1.23 bits per heavy atom.